The largest absolute Gasteiger partial charge is 0.347 e. The Morgan fingerprint density at radius 3 is 2.60 bits per heavy atom. The summed E-state index contributed by atoms with van der Waals surface area (Å²) in [4.78, 5) is 10.7. The summed E-state index contributed by atoms with van der Waals surface area (Å²) in [5.41, 5.74) is 7.93. The van der Waals surface area contributed by atoms with Crippen LogP contribution in [0.25, 0.3) is 0 Å². The van der Waals surface area contributed by atoms with E-state index >= 15 is 0 Å². The maximum absolute atomic E-state index is 5.66. The second-order valence-corrected chi connectivity index (χ2v) is 3.96. The molecule has 1 unspecified atom stereocenters. The number of aryl methyl sites for hydroxylation is 1. The van der Waals surface area contributed by atoms with E-state index in [0.29, 0.717) is 12.5 Å². The first kappa shape index (κ1) is 11.9. The maximum Gasteiger partial charge on any atom is 0.224 e. The molecule has 0 amide bonds. The van der Waals surface area contributed by atoms with Gasteiger partial charge in [-0.15, -0.1) is 0 Å². The minimum atomic E-state index is 0.330. The van der Waals surface area contributed by atoms with Crippen molar-refractivity contribution in [3.05, 3.63) is 17.5 Å². The van der Waals surface area contributed by atoms with E-state index in [9.17, 15) is 0 Å². The average Bonchev–Trinajstić information content (AvgIpc) is 2.27. The Hall–Kier alpha value is -1.16. The lowest BCUT2D eigenvalue weighted by atomic mass is 10.0. The van der Waals surface area contributed by atoms with Crippen LogP contribution in [-0.4, -0.2) is 30.6 Å². The van der Waals surface area contributed by atoms with Gasteiger partial charge < -0.3 is 10.6 Å². The molecule has 0 aliphatic carbocycles. The predicted octanol–water partition coefficient (Wildman–Crippen LogP) is 1.17. The molecule has 0 saturated heterocycles. The molecule has 0 aliphatic heterocycles. The molecular weight excluding hydrogens is 188 g/mol. The second kappa shape index (κ2) is 5.07. The molecule has 1 aromatic rings. The third kappa shape index (κ3) is 2.65. The lowest BCUT2D eigenvalue weighted by Crippen LogP contribution is -2.17. The first-order valence-corrected chi connectivity index (χ1v) is 5.33. The van der Waals surface area contributed by atoms with Crippen molar-refractivity contribution in [2.45, 2.75) is 26.2 Å². The van der Waals surface area contributed by atoms with Gasteiger partial charge in [-0.05, 0) is 24.4 Å². The van der Waals surface area contributed by atoms with E-state index in [4.69, 9.17) is 5.73 Å². The predicted molar refractivity (Wildman–Crippen MR) is 63.2 cm³/mol. The molecule has 0 bridgehead atoms. The highest BCUT2D eigenvalue weighted by Gasteiger charge is 2.11. The molecule has 0 saturated carbocycles. The molecule has 1 rings (SSSR count). The third-order valence-corrected chi connectivity index (χ3v) is 2.51. The number of nitrogens with zero attached hydrogens (tertiary/aromatic N) is 3. The fourth-order valence-electron chi connectivity index (χ4n) is 1.45. The number of anilines is 1. The summed E-state index contributed by atoms with van der Waals surface area (Å²) in [5, 5.41) is 0. The van der Waals surface area contributed by atoms with Gasteiger partial charge in [0.25, 0.3) is 0 Å². The van der Waals surface area contributed by atoms with Crippen LogP contribution in [0.5, 0.6) is 0 Å². The summed E-state index contributed by atoms with van der Waals surface area (Å²) < 4.78 is 0. The lowest BCUT2D eigenvalue weighted by Gasteiger charge is -2.16. The van der Waals surface area contributed by atoms with Crippen molar-refractivity contribution in [2.24, 2.45) is 5.73 Å². The van der Waals surface area contributed by atoms with E-state index in [1.54, 1.807) is 0 Å². The van der Waals surface area contributed by atoms with Gasteiger partial charge in [-0.2, -0.15) is 0 Å². The number of hydrogen-bond donors (Lipinski definition) is 1. The van der Waals surface area contributed by atoms with Crippen LogP contribution in [0.4, 0.5) is 5.95 Å². The molecule has 4 heteroatoms. The van der Waals surface area contributed by atoms with Crippen molar-refractivity contribution in [1.29, 1.82) is 0 Å². The highest BCUT2D eigenvalue weighted by atomic mass is 15.2. The number of nitrogens with two attached hydrogens (primary N) is 1. The van der Waals surface area contributed by atoms with Crippen molar-refractivity contribution in [3.8, 4) is 0 Å². The van der Waals surface area contributed by atoms with Gasteiger partial charge in [0, 0.05) is 26.0 Å². The van der Waals surface area contributed by atoms with Gasteiger partial charge in [0.2, 0.25) is 5.95 Å². The van der Waals surface area contributed by atoms with Crippen LogP contribution in [0.3, 0.4) is 0 Å². The van der Waals surface area contributed by atoms with E-state index in [0.717, 1.165) is 18.1 Å². The standard InChI is InChI=1S/C11H20N4/c1-5-10-9(8(2)6-12)7-13-11(14-10)15(3)4/h7-8H,5-6,12H2,1-4H3. The summed E-state index contributed by atoms with van der Waals surface area (Å²) in [6.07, 6.45) is 2.82. The Kier molecular flexibility index (Phi) is 4.03. The summed E-state index contributed by atoms with van der Waals surface area (Å²) in [6, 6.07) is 0. The van der Waals surface area contributed by atoms with Gasteiger partial charge in [0.15, 0.2) is 0 Å². The van der Waals surface area contributed by atoms with Gasteiger partial charge in [0.1, 0.15) is 0 Å². The Bertz CT molecular complexity index is 322. The smallest absolute Gasteiger partial charge is 0.224 e. The van der Waals surface area contributed by atoms with Gasteiger partial charge in [0.05, 0.1) is 0 Å². The molecule has 1 heterocycles. The summed E-state index contributed by atoms with van der Waals surface area (Å²) in [6.45, 7) is 4.85. The Balaban J connectivity index is 3.09. The van der Waals surface area contributed by atoms with Crippen LogP contribution in [0.1, 0.15) is 31.0 Å². The van der Waals surface area contributed by atoms with Gasteiger partial charge in [-0.25, -0.2) is 9.97 Å². The van der Waals surface area contributed by atoms with Crippen molar-refractivity contribution >= 4 is 5.95 Å². The zero-order chi connectivity index (χ0) is 11.4. The Morgan fingerprint density at radius 2 is 2.13 bits per heavy atom. The molecule has 4 nitrogen and oxygen atoms in total. The molecule has 0 radical (unpaired) electrons. The molecule has 1 atom stereocenters. The zero-order valence-electron chi connectivity index (χ0n) is 9.99. The van der Waals surface area contributed by atoms with E-state index in [-0.39, 0.29) is 0 Å². The van der Waals surface area contributed by atoms with E-state index in [1.165, 1.54) is 5.56 Å². The van der Waals surface area contributed by atoms with Crippen LogP contribution >= 0.6 is 0 Å². The number of hydrogen-bond acceptors (Lipinski definition) is 4. The lowest BCUT2D eigenvalue weighted by molar-refractivity contribution is 0.741. The quantitative estimate of drug-likeness (QED) is 0.807. The normalized spacial score (nSPS) is 12.6. The minimum Gasteiger partial charge on any atom is -0.347 e. The molecular formula is C11H20N4. The maximum atomic E-state index is 5.66. The second-order valence-electron chi connectivity index (χ2n) is 3.96. The highest BCUT2D eigenvalue weighted by molar-refractivity contribution is 5.32. The van der Waals surface area contributed by atoms with Crippen LogP contribution in [0.15, 0.2) is 6.20 Å². The molecule has 0 aliphatic rings. The number of rotatable bonds is 4. The Labute approximate surface area is 91.5 Å². The summed E-state index contributed by atoms with van der Waals surface area (Å²) in [7, 11) is 3.89. The minimum absolute atomic E-state index is 0.330. The fourth-order valence-corrected chi connectivity index (χ4v) is 1.45. The van der Waals surface area contributed by atoms with Crippen molar-refractivity contribution < 1.29 is 0 Å². The van der Waals surface area contributed by atoms with Crippen molar-refractivity contribution in [1.82, 2.24) is 9.97 Å². The molecule has 0 fully saturated rings. The van der Waals surface area contributed by atoms with Gasteiger partial charge in [-0.1, -0.05) is 13.8 Å². The first-order chi connectivity index (χ1) is 7.10. The van der Waals surface area contributed by atoms with E-state index in [2.05, 4.69) is 23.8 Å². The van der Waals surface area contributed by atoms with Crippen LogP contribution in [0.2, 0.25) is 0 Å². The molecule has 15 heavy (non-hydrogen) atoms. The monoisotopic (exact) mass is 208 g/mol. The average molecular weight is 208 g/mol. The van der Waals surface area contributed by atoms with Crippen molar-refractivity contribution in [2.75, 3.05) is 25.5 Å². The molecule has 0 spiro atoms. The number of aromatic nitrogens is 2. The first-order valence-electron chi connectivity index (χ1n) is 5.33. The van der Waals surface area contributed by atoms with Crippen LogP contribution in [-0.2, 0) is 6.42 Å². The highest BCUT2D eigenvalue weighted by Crippen LogP contribution is 2.18. The SMILES string of the molecule is CCc1nc(N(C)C)ncc1C(C)CN. The summed E-state index contributed by atoms with van der Waals surface area (Å²) >= 11 is 0. The molecule has 0 aromatic carbocycles. The van der Waals surface area contributed by atoms with Crippen molar-refractivity contribution in [3.63, 3.8) is 0 Å². The van der Waals surface area contributed by atoms with E-state index in [1.807, 2.05) is 25.2 Å². The summed E-state index contributed by atoms with van der Waals surface area (Å²) in [5.74, 6) is 1.09. The van der Waals surface area contributed by atoms with Gasteiger partial charge >= 0.3 is 0 Å². The van der Waals surface area contributed by atoms with Crippen LogP contribution < -0.4 is 10.6 Å². The van der Waals surface area contributed by atoms with Gasteiger partial charge in [-0.3, -0.25) is 0 Å². The third-order valence-electron chi connectivity index (χ3n) is 2.51. The molecule has 84 valence electrons. The fraction of sp³-hybridized carbons (Fsp3) is 0.636. The molecule has 1 aromatic heterocycles. The van der Waals surface area contributed by atoms with Crippen LogP contribution in [0, 0.1) is 0 Å². The topological polar surface area (TPSA) is 55.0 Å². The van der Waals surface area contributed by atoms with E-state index < -0.39 is 0 Å². The molecule has 2 N–H and O–H groups in total. The zero-order valence-corrected chi connectivity index (χ0v) is 9.99. The Morgan fingerprint density at radius 1 is 1.47 bits per heavy atom.